The van der Waals surface area contributed by atoms with Gasteiger partial charge in [-0.1, -0.05) is 30.3 Å². The molecular weight excluding hydrogens is 446 g/mol. The minimum absolute atomic E-state index is 0.167. The molecule has 3 heterocycles. The number of para-hydroxylation sites is 1. The maximum atomic E-state index is 12.3. The molecule has 8 heteroatoms. The van der Waals surface area contributed by atoms with Crippen molar-refractivity contribution < 1.29 is 8.95 Å². The summed E-state index contributed by atoms with van der Waals surface area (Å²) in [4.78, 5) is 8.83. The number of benzene rings is 2. The van der Waals surface area contributed by atoms with Gasteiger partial charge < -0.3 is 4.74 Å². The Labute approximate surface area is 199 Å². The Hall–Kier alpha value is -3.33. The fourth-order valence-corrected chi connectivity index (χ4v) is 4.88. The van der Waals surface area contributed by atoms with E-state index in [9.17, 15) is 4.21 Å². The molecule has 7 nitrogen and oxygen atoms in total. The molecule has 0 spiro atoms. The third-order valence-corrected chi connectivity index (χ3v) is 6.44. The van der Waals surface area contributed by atoms with Crippen LogP contribution < -0.4 is 15.6 Å². The van der Waals surface area contributed by atoms with E-state index in [2.05, 4.69) is 44.5 Å². The normalized spacial score (nSPS) is 18.2. The zero-order valence-corrected chi connectivity index (χ0v) is 20.0. The van der Waals surface area contributed by atoms with E-state index in [-0.39, 0.29) is 6.04 Å². The van der Waals surface area contributed by atoms with Crippen LogP contribution in [0.25, 0.3) is 10.9 Å². The van der Waals surface area contributed by atoms with Crippen molar-refractivity contribution in [1.82, 2.24) is 20.8 Å². The SMILES string of the molecule is CS(C)(=O)=Nc1cc(COc2ccc(C3NNCC3c3ccncc3)cc2)nc2ccccc12. The first-order valence-electron chi connectivity index (χ1n) is 11.1. The summed E-state index contributed by atoms with van der Waals surface area (Å²) in [5, 5.41) is 0.883. The van der Waals surface area contributed by atoms with Crippen LogP contribution in [0.15, 0.2) is 83.5 Å². The van der Waals surface area contributed by atoms with Crippen LogP contribution in [-0.4, -0.2) is 33.2 Å². The van der Waals surface area contributed by atoms with Gasteiger partial charge in [0.1, 0.15) is 12.4 Å². The molecule has 1 aliphatic heterocycles. The Morgan fingerprint density at radius 3 is 2.56 bits per heavy atom. The molecule has 1 fully saturated rings. The highest BCUT2D eigenvalue weighted by atomic mass is 32.2. The number of hydrogen-bond acceptors (Lipinski definition) is 7. The molecule has 2 atom stereocenters. The summed E-state index contributed by atoms with van der Waals surface area (Å²) in [6.07, 6.45) is 6.93. The standard InChI is InChI=1S/C26H27N5O2S/c1-34(2,32)31-25-15-20(29-24-6-4-3-5-22(24)25)17-33-21-9-7-19(8-10-21)26-23(16-28-30-26)18-11-13-27-14-12-18/h3-15,23,26,28,30H,16-17H2,1-2H3. The average molecular weight is 474 g/mol. The van der Waals surface area contributed by atoms with Crippen LogP contribution in [0.4, 0.5) is 5.69 Å². The van der Waals surface area contributed by atoms with Gasteiger partial charge in [-0.2, -0.15) is 4.36 Å². The first kappa shape index (κ1) is 22.5. The summed E-state index contributed by atoms with van der Waals surface area (Å²) < 4.78 is 22.8. The fourth-order valence-electron chi connectivity index (χ4n) is 4.26. The third-order valence-electron chi connectivity index (χ3n) is 5.81. The zero-order chi connectivity index (χ0) is 23.5. The first-order chi connectivity index (χ1) is 16.5. The summed E-state index contributed by atoms with van der Waals surface area (Å²) >= 11 is 0. The number of nitrogens with one attached hydrogen (secondary N) is 2. The van der Waals surface area contributed by atoms with E-state index in [0.717, 1.165) is 28.9 Å². The zero-order valence-electron chi connectivity index (χ0n) is 19.1. The smallest absolute Gasteiger partial charge is 0.130 e. The molecule has 174 valence electrons. The summed E-state index contributed by atoms with van der Waals surface area (Å²) in [5.41, 5.74) is 11.3. The minimum Gasteiger partial charge on any atom is -0.487 e. The van der Waals surface area contributed by atoms with Gasteiger partial charge in [-0.15, -0.1) is 0 Å². The predicted molar refractivity (Wildman–Crippen MR) is 135 cm³/mol. The maximum Gasteiger partial charge on any atom is 0.130 e. The highest BCUT2D eigenvalue weighted by molar-refractivity contribution is 7.92. The van der Waals surface area contributed by atoms with Crippen molar-refractivity contribution in [2.24, 2.45) is 4.36 Å². The molecular formula is C26H27N5O2S. The Balaban J connectivity index is 1.33. The highest BCUT2D eigenvalue weighted by Gasteiger charge is 2.29. The van der Waals surface area contributed by atoms with Gasteiger partial charge in [0, 0.05) is 52.5 Å². The van der Waals surface area contributed by atoms with Crippen LogP contribution in [0.1, 0.15) is 28.8 Å². The molecule has 4 aromatic rings. The van der Waals surface area contributed by atoms with E-state index in [0.29, 0.717) is 18.2 Å². The van der Waals surface area contributed by atoms with Crippen molar-refractivity contribution >= 4 is 26.3 Å². The van der Waals surface area contributed by atoms with Crippen molar-refractivity contribution in [3.8, 4) is 5.75 Å². The van der Waals surface area contributed by atoms with Gasteiger partial charge in [0.2, 0.25) is 0 Å². The lowest BCUT2D eigenvalue weighted by atomic mass is 9.89. The van der Waals surface area contributed by atoms with Crippen molar-refractivity contribution in [2.45, 2.75) is 18.6 Å². The number of nitrogens with zero attached hydrogens (tertiary/aromatic N) is 3. The van der Waals surface area contributed by atoms with Crippen LogP contribution in [0.5, 0.6) is 5.75 Å². The molecule has 2 aromatic carbocycles. The van der Waals surface area contributed by atoms with E-state index >= 15 is 0 Å². The van der Waals surface area contributed by atoms with E-state index in [4.69, 9.17) is 9.72 Å². The minimum atomic E-state index is -2.30. The molecule has 2 unspecified atom stereocenters. The average Bonchev–Trinajstić information content (AvgIpc) is 3.33. The van der Waals surface area contributed by atoms with Gasteiger partial charge in [0.15, 0.2) is 0 Å². The van der Waals surface area contributed by atoms with E-state index < -0.39 is 9.73 Å². The van der Waals surface area contributed by atoms with Crippen LogP contribution >= 0.6 is 0 Å². The molecule has 2 aromatic heterocycles. The molecule has 2 N–H and O–H groups in total. The van der Waals surface area contributed by atoms with Crippen LogP contribution in [-0.2, 0) is 16.3 Å². The summed E-state index contributed by atoms with van der Waals surface area (Å²) in [6, 6.07) is 22.0. The molecule has 0 bridgehead atoms. The molecule has 1 aliphatic rings. The largest absolute Gasteiger partial charge is 0.487 e. The second-order valence-corrected chi connectivity index (χ2v) is 11.2. The number of hydrogen-bond donors (Lipinski definition) is 2. The van der Waals surface area contributed by atoms with E-state index in [1.807, 2.05) is 54.9 Å². The lowest BCUT2D eigenvalue weighted by Gasteiger charge is -2.19. The molecule has 0 amide bonds. The lowest BCUT2D eigenvalue weighted by Crippen LogP contribution is -2.24. The van der Waals surface area contributed by atoms with Crippen LogP contribution in [0.3, 0.4) is 0 Å². The van der Waals surface area contributed by atoms with Crippen molar-refractivity contribution in [3.05, 3.63) is 95.9 Å². The van der Waals surface area contributed by atoms with Crippen LogP contribution in [0, 0.1) is 0 Å². The Morgan fingerprint density at radius 2 is 1.79 bits per heavy atom. The van der Waals surface area contributed by atoms with Gasteiger partial charge in [-0.25, -0.2) is 14.6 Å². The molecule has 1 saturated heterocycles. The van der Waals surface area contributed by atoms with Crippen molar-refractivity contribution in [3.63, 3.8) is 0 Å². The predicted octanol–water partition coefficient (Wildman–Crippen LogP) is 4.50. The highest BCUT2D eigenvalue weighted by Crippen LogP contribution is 2.34. The topological polar surface area (TPSA) is 88.5 Å². The first-order valence-corrected chi connectivity index (χ1v) is 13.5. The monoisotopic (exact) mass is 473 g/mol. The van der Waals surface area contributed by atoms with Gasteiger partial charge >= 0.3 is 0 Å². The molecule has 5 rings (SSSR count). The molecule has 0 aliphatic carbocycles. The number of pyridine rings is 2. The van der Waals surface area contributed by atoms with Crippen molar-refractivity contribution in [1.29, 1.82) is 0 Å². The number of aromatic nitrogens is 2. The summed E-state index contributed by atoms with van der Waals surface area (Å²) in [7, 11) is -2.30. The van der Waals surface area contributed by atoms with E-state index in [1.54, 1.807) is 12.5 Å². The van der Waals surface area contributed by atoms with Gasteiger partial charge in [0.25, 0.3) is 0 Å². The Kier molecular flexibility index (Phi) is 6.28. The van der Waals surface area contributed by atoms with Crippen molar-refractivity contribution in [2.75, 3.05) is 19.1 Å². The second-order valence-electron chi connectivity index (χ2n) is 8.67. The van der Waals surface area contributed by atoms with Gasteiger partial charge in [-0.05, 0) is 47.5 Å². The molecule has 34 heavy (non-hydrogen) atoms. The van der Waals surface area contributed by atoms with Gasteiger partial charge in [-0.3, -0.25) is 10.4 Å². The maximum absolute atomic E-state index is 12.3. The number of fused-ring (bicyclic) bond motifs is 1. The van der Waals surface area contributed by atoms with E-state index in [1.165, 1.54) is 11.1 Å². The second kappa shape index (κ2) is 9.50. The Morgan fingerprint density at radius 1 is 1.03 bits per heavy atom. The van der Waals surface area contributed by atoms with Gasteiger partial charge in [0.05, 0.1) is 22.9 Å². The fraction of sp³-hybridized carbons (Fsp3) is 0.231. The molecule has 0 radical (unpaired) electrons. The number of hydrazine groups is 1. The summed E-state index contributed by atoms with van der Waals surface area (Å²) in [5.74, 6) is 1.09. The Bertz CT molecular complexity index is 1410. The quantitative estimate of drug-likeness (QED) is 0.429. The van der Waals surface area contributed by atoms with Crippen LogP contribution in [0.2, 0.25) is 0 Å². The molecule has 0 saturated carbocycles. The number of rotatable bonds is 6. The lowest BCUT2D eigenvalue weighted by molar-refractivity contribution is 0.301. The summed E-state index contributed by atoms with van der Waals surface area (Å²) in [6.45, 7) is 1.15. The number of ether oxygens (including phenoxy) is 1. The third kappa shape index (κ3) is 5.09.